The summed E-state index contributed by atoms with van der Waals surface area (Å²) in [5, 5.41) is 19.9. The average molecular weight is 299 g/mol. The van der Waals surface area contributed by atoms with E-state index in [1.807, 2.05) is 0 Å². The predicted molar refractivity (Wildman–Crippen MR) is 69.6 cm³/mol. The molecule has 0 saturated heterocycles. The fraction of sp³-hybridized carbons (Fsp3) is 0.333. The molecule has 1 heterocycles. The van der Waals surface area contributed by atoms with Crippen molar-refractivity contribution in [1.82, 2.24) is 20.2 Å². The van der Waals surface area contributed by atoms with Gasteiger partial charge < -0.3 is 5.11 Å². The van der Waals surface area contributed by atoms with Crippen LogP contribution in [0.2, 0.25) is 5.02 Å². The van der Waals surface area contributed by atoms with Crippen molar-refractivity contribution in [3.8, 4) is 11.4 Å². The van der Waals surface area contributed by atoms with Gasteiger partial charge in [-0.2, -0.15) is 0 Å². The molecule has 0 bridgehead atoms. The molecule has 2 aromatic rings. The normalized spacial score (nSPS) is 12.3. The summed E-state index contributed by atoms with van der Waals surface area (Å²) >= 11 is 5.62. The highest BCUT2D eigenvalue weighted by atomic mass is 35.5. The van der Waals surface area contributed by atoms with Crippen molar-refractivity contribution in [3.05, 3.63) is 29.0 Å². The smallest absolute Gasteiger partial charge is 0.303 e. The van der Waals surface area contributed by atoms with Crippen LogP contribution in [-0.4, -0.2) is 31.3 Å². The van der Waals surface area contributed by atoms with Crippen LogP contribution >= 0.6 is 11.6 Å². The summed E-state index contributed by atoms with van der Waals surface area (Å²) in [6, 6.07) is 4.27. The molecule has 106 valence electrons. The van der Waals surface area contributed by atoms with Crippen molar-refractivity contribution in [3.63, 3.8) is 0 Å². The van der Waals surface area contributed by atoms with E-state index >= 15 is 0 Å². The van der Waals surface area contributed by atoms with Crippen LogP contribution in [0.1, 0.15) is 13.3 Å². The number of tetrazole rings is 1. The summed E-state index contributed by atoms with van der Waals surface area (Å²) in [6.45, 7) is 2.11. The van der Waals surface area contributed by atoms with E-state index in [2.05, 4.69) is 15.5 Å². The fourth-order valence-corrected chi connectivity index (χ4v) is 1.95. The molecule has 20 heavy (non-hydrogen) atoms. The molecule has 1 aromatic heterocycles. The van der Waals surface area contributed by atoms with Gasteiger partial charge in [0.05, 0.1) is 5.02 Å². The molecule has 0 aliphatic carbocycles. The zero-order valence-electron chi connectivity index (χ0n) is 10.6. The van der Waals surface area contributed by atoms with Crippen LogP contribution < -0.4 is 0 Å². The second-order valence-corrected chi connectivity index (χ2v) is 4.92. The SMILES string of the molecule is CC(CC(=O)O)Cn1nnnc1-c1ccc(Cl)c(F)c1. The van der Waals surface area contributed by atoms with E-state index < -0.39 is 11.8 Å². The van der Waals surface area contributed by atoms with Crippen LogP contribution in [0, 0.1) is 11.7 Å². The maximum atomic E-state index is 13.4. The molecule has 0 saturated carbocycles. The highest BCUT2D eigenvalue weighted by molar-refractivity contribution is 6.30. The van der Waals surface area contributed by atoms with Crippen LogP contribution in [0.3, 0.4) is 0 Å². The van der Waals surface area contributed by atoms with Gasteiger partial charge in [0, 0.05) is 18.5 Å². The number of carbonyl (C=O) groups is 1. The van der Waals surface area contributed by atoms with Crippen molar-refractivity contribution in [2.24, 2.45) is 5.92 Å². The molecule has 0 aliphatic rings. The molecule has 0 aliphatic heterocycles. The topological polar surface area (TPSA) is 80.9 Å². The number of halogens is 2. The van der Waals surface area contributed by atoms with Gasteiger partial charge in [0.1, 0.15) is 5.82 Å². The second-order valence-electron chi connectivity index (χ2n) is 4.52. The number of aromatic nitrogens is 4. The number of carboxylic acid groups (broad SMARTS) is 1. The Kier molecular flexibility index (Phi) is 4.29. The summed E-state index contributed by atoms with van der Waals surface area (Å²) in [5.74, 6) is -1.22. The Morgan fingerprint density at radius 1 is 1.55 bits per heavy atom. The maximum Gasteiger partial charge on any atom is 0.303 e. The van der Waals surface area contributed by atoms with Crippen LogP contribution in [0.15, 0.2) is 18.2 Å². The van der Waals surface area contributed by atoms with E-state index in [0.29, 0.717) is 17.9 Å². The van der Waals surface area contributed by atoms with Crippen LogP contribution in [-0.2, 0) is 11.3 Å². The first-order valence-electron chi connectivity index (χ1n) is 5.90. The van der Waals surface area contributed by atoms with Gasteiger partial charge in [-0.1, -0.05) is 18.5 Å². The van der Waals surface area contributed by atoms with Gasteiger partial charge in [0.15, 0.2) is 5.82 Å². The minimum absolute atomic E-state index is 0.00821. The molecule has 1 unspecified atom stereocenters. The Labute approximate surface area is 119 Å². The number of benzene rings is 1. The molecule has 8 heteroatoms. The van der Waals surface area contributed by atoms with Crippen molar-refractivity contribution >= 4 is 17.6 Å². The fourth-order valence-electron chi connectivity index (χ4n) is 1.83. The molecule has 1 atom stereocenters. The molecule has 1 N–H and O–H groups in total. The lowest BCUT2D eigenvalue weighted by Crippen LogP contribution is -2.14. The summed E-state index contributed by atoms with van der Waals surface area (Å²) < 4.78 is 14.9. The first kappa shape index (κ1) is 14.4. The van der Waals surface area contributed by atoms with Gasteiger partial charge in [0.2, 0.25) is 0 Å². The van der Waals surface area contributed by atoms with Crippen molar-refractivity contribution in [2.45, 2.75) is 19.9 Å². The maximum absolute atomic E-state index is 13.4. The van der Waals surface area contributed by atoms with Gasteiger partial charge in [-0.05, 0) is 34.5 Å². The van der Waals surface area contributed by atoms with Crippen molar-refractivity contribution in [1.29, 1.82) is 0 Å². The van der Waals surface area contributed by atoms with Crippen LogP contribution in [0.4, 0.5) is 4.39 Å². The number of hydrogen-bond acceptors (Lipinski definition) is 4. The second kappa shape index (κ2) is 5.96. The number of carboxylic acids is 1. The van der Waals surface area contributed by atoms with E-state index in [0.717, 1.165) is 0 Å². The van der Waals surface area contributed by atoms with Crippen molar-refractivity contribution < 1.29 is 14.3 Å². The summed E-state index contributed by atoms with van der Waals surface area (Å²) in [6.07, 6.45) is 0.00821. The van der Waals surface area contributed by atoms with E-state index in [4.69, 9.17) is 16.7 Å². The lowest BCUT2D eigenvalue weighted by molar-refractivity contribution is -0.138. The zero-order valence-corrected chi connectivity index (χ0v) is 11.4. The Morgan fingerprint density at radius 2 is 2.30 bits per heavy atom. The van der Waals surface area contributed by atoms with Crippen LogP contribution in [0.25, 0.3) is 11.4 Å². The average Bonchev–Trinajstić information content (AvgIpc) is 2.79. The van der Waals surface area contributed by atoms with Crippen molar-refractivity contribution in [2.75, 3.05) is 0 Å². The highest BCUT2D eigenvalue weighted by Gasteiger charge is 2.15. The van der Waals surface area contributed by atoms with Gasteiger partial charge in [-0.3, -0.25) is 4.79 Å². The first-order valence-corrected chi connectivity index (χ1v) is 6.28. The summed E-state index contributed by atoms with van der Waals surface area (Å²) in [5.41, 5.74) is 0.486. The van der Waals surface area contributed by atoms with Crippen LogP contribution in [0.5, 0.6) is 0 Å². The molecular formula is C12H12ClFN4O2. The number of aliphatic carboxylic acids is 1. The summed E-state index contributed by atoms with van der Waals surface area (Å²) in [7, 11) is 0. The Balaban J connectivity index is 2.23. The van der Waals surface area contributed by atoms with Gasteiger partial charge in [-0.25, -0.2) is 9.07 Å². The highest BCUT2D eigenvalue weighted by Crippen LogP contribution is 2.22. The third kappa shape index (κ3) is 3.30. The lowest BCUT2D eigenvalue weighted by atomic mass is 10.1. The molecule has 0 spiro atoms. The molecule has 0 amide bonds. The Bertz CT molecular complexity index is 632. The lowest BCUT2D eigenvalue weighted by Gasteiger charge is -2.10. The minimum atomic E-state index is -0.885. The zero-order chi connectivity index (χ0) is 14.7. The van der Waals surface area contributed by atoms with Gasteiger partial charge in [0.25, 0.3) is 0 Å². The van der Waals surface area contributed by atoms with E-state index in [-0.39, 0.29) is 17.4 Å². The molecule has 2 rings (SSSR count). The number of hydrogen-bond donors (Lipinski definition) is 1. The standard InChI is InChI=1S/C12H12ClFN4O2/c1-7(4-11(19)20)6-18-12(15-16-17-18)8-2-3-9(13)10(14)5-8/h2-3,5,7H,4,6H2,1H3,(H,19,20). The predicted octanol–water partition coefficient (Wildman–Crippen LogP) is 2.24. The van der Waals surface area contributed by atoms with Gasteiger partial charge >= 0.3 is 5.97 Å². The number of rotatable bonds is 5. The molecule has 0 fully saturated rings. The monoisotopic (exact) mass is 298 g/mol. The third-order valence-electron chi connectivity index (χ3n) is 2.72. The first-order chi connectivity index (χ1) is 9.47. The minimum Gasteiger partial charge on any atom is -0.481 e. The molecule has 6 nitrogen and oxygen atoms in total. The Morgan fingerprint density at radius 3 is 2.95 bits per heavy atom. The Hall–Kier alpha value is -2.02. The van der Waals surface area contributed by atoms with E-state index in [1.54, 1.807) is 13.0 Å². The molecule has 1 aromatic carbocycles. The quantitative estimate of drug-likeness (QED) is 0.915. The number of nitrogens with zero attached hydrogens (tertiary/aromatic N) is 4. The third-order valence-corrected chi connectivity index (χ3v) is 3.02. The largest absolute Gasteiger partial charge is 0.481 e. The van der Waals surface area contributed by atoms with Gasteiger partial charge in [-0.15, -0.1) is 5.10 Å². The van der Waals surface area contributed by atoms with E-state index in [1.165, 1.54) is 16.8 Å². The molecular weight excluding hydrogens is 287 g/mol. The van der Waals surface area contributed by atoms with E-state index in [9.17, 15) is 9.18 Å². The molecule has 0 radical (unpaired) electrons. The summed E-state index contributed by atoms with van der Waals surface area (Å²) in [4.78, 5) is 10.7.